The normalized spacial score (nSPS) is 15.0. The standard InChI is InChI=1S/C21H22N6O4/c1-14-12-16(27(29)30)5-6-17(14)23-19(28)13-26-10-7-15(8-11-26)21-24-20(25-31-21)18-4-2-3-9-22-18/h2-6,9,12,15H,7-8,10-11,13H2,1H3,(H,23,28). The molecule has 10 nitrogen and oxygen atoms in total. The molecule has 0 aliphatic carbocycles. The summed E-state index contributed by atoms with van der Waals surface area (Å²) in [6.45, 7) is 3.46. The molecule has 1 fully saturated rings. The number of nitro benzene ring substituents is 1. The minimum Gasteiger partial charge on any atom is -0.339 e. The van der Waals surface area contributed by atoms with E-state index in [1.54, 1.807) is 19.2 Å². The Bertz CT molecular complexity index is 1080. The summed E-state index contributed by atoms with van der Waals surface area (Å²) in [5.74, 6) is 1.09. The highest BCUT2D eigenvalue weighted by atomic mass is 16.6. The van der Waals surface area contributed by atoms with Gasteiger partial charge in [0.15, 0.2) is 0 Å². The quantitative estimate of drug-likeness (QED) is 0.474. The number of nitrogens with one attached hydrogen (secondary N) is 1. The van der Waals surface area contributed by atoms with Crippen molar-refractivity contribution in [3.63, 3.8) is 0 Å². The van der Waals surface area contributed by atoms with Gasteiger partial charge in [0.25, 0.3) is 5.69 Å². The summed E-state index contributed by atoms with van der Waals surface area (Å²) >= 11 is 0. The van der Waals surface area contributed by atoms with E-state index < -0.39 is 4.92 Å². The van der Waals surface area contributed by atoms with E-state index in [0.717, 1.165) is 25.9 Å². The van der Waals surface area contributed by atoms with Gasteiger partial charge in [0.2, 0.25) is 17.6 Å². The fourth-order valence-electron chi connectivity index (χ4n) is 3.63. The number of aryl methyl sites for hydroxylation is 1. The van der Waals surface area contributed by atoms with Crippen LogP contribution in [0.25, 0.3) is 11.5 Å². The number of carbonyl (C=O) groups excluding carboxylic acids is 1. The number of piperidine rings is 1. The molecule has 3 heterocycles. The molecule has 0 atom stereocenters. The first-order chi connectivity index (χ1) is 15.0. The Morgan fingerprint density at radius 3 is 2.77 bits per heavy atom. The van der Waals surface area contributed by atoms with E-state index in [1.165, 1.54) is 12.1 Å². The highest BCUT2D eigenvalue weighted by Crippen LogP contribution is 2.28. The van der Waals surface area contributed by atoms with Crippen molar-refractivity contribution in [3.05, 3.63) is 64.2 Å². The lowest BCUT2D eigenvalue weighted by Crippen LogP contribution is -2.38. The number of nitro groups is 1. The van der Waals surface area contributed by atoms with Crippen molar-refractivity contribution in [2.24, 2.45) is 0 Å². The third-order valence-corrected chi connectivity index (χ3v) is 5.33. The highest BCUT2D eigenvalue weighted by molar-refractivity contribution is 5.93. The molecule has 0 radical (unpaired) electrons. The van der Waals surface area contributed by atoms with E-state index in [9.17, 15) is 14.9 Å². The van der Waals surface area contributed by atoms with Gasteiger partial charge in [-0.2, -0.15) is 4.98 Å². The number of non-ortho nitro benzene ring substituents is 1. The Balaban J connectivity index is 1.29. The molecule has 0 saturated carbocycles. The van der Waals surface area contributed by atoms with Crippen LogP contribution >= 0.6 is 0 Å². The number of carbonyl (C=O) groups is 1. The number of anilines is 1. The highest BCUT2D eigenvalue weighted by Gasteiger charge is 2.26. The molecule has 0 spiro atoms. The summed E-state index contributed by atoms with van der Waals surface area (Å²) in [5, 5.41) is 17.7. The van der Waals surface area contributed by atoms with E-state index in [1.807, 2.05) is 18.2 Å². The van der Waals surface area contributed by atoms with Crippen molar-refractivity contribution in [2.75, 3.05) is 25.0 Å². The first kappa shape index (κ1) is 20.6. The average molecular weight is 422 g/mol. The van der Waals surface area contributed by atoms with Crippen LogP contribution in [0.2, 0.25) is 0 Å². The molecule has 3 aromatic rings. The molecule has 1 aliphatic heterocycles. The lowest BCUT2D eigenvalue weighted by molar-refractivity contribution is -0.384. The number of pyridine rings is 1. The summed E-state index contributed by atoms with van der Waals surface area (Å²) in [7, 11) is 0. The second kappa shape index (κ2) is 9.00. The minimum atomic E-state index is -0.453. The molecule has 4 rings (SSSR count). The van der Waals surface area contributed by atoms with E-state index in [-0.39, 0.29) is 24.1 Å². The number of likely N-dealkylation sites (tertiary alicyclic amines) is 1. The molecule has 1 amide bonds. The van der Waals surface area contributed by atoms with Gasteiger partial charge in [-0.3, -0.25) is 24.8 Å². The molecular weight excluding hydrogens is 400 g/mol. The zero-order valence-electron chi connectivity index (χ0n) is 17.0. The Morgan fingerprint density at radius 1 is 1.29 bits per heavy atom. The number of rotatable bonds is 6. The van der Waals surface area contributed by atoms with Gasteiger partial charge in [0.1, 0.15) is 5.69 Å². The van der Waals surface area contributed by atoms with Crippen LogP contribution in [0.4, 0.5) is 11.4 Å². The molecule has 0 unspecified atom stereocenters. The third-order valence-electron chi connectivity index (χ3n) is 5.33. The Kier molecular flexibility index (Phi) is 5.99. The van der Waals surface area contributed by atoms with Crippen molar-refractivity contribution < 1.29 is 14.2 Å². The Morgan fingerprint density at radius 2 is 2.10 bits per heavy atom. The monoisotopic (exact) mass is 422 g/mol. The number of benzene rings is 1. The fourth-order valence-corrected chi connectivity index (χ4v) is 3.63. The molecule has 2 aromatic heterocycles. The van der Waals surface area contributed by atoms with Gasteiger partial charge in [-0.25, -0.2) is 0 Å². The molecule has 1 aliphatic rings. The summed E-state index contributed by atoms with van der Waals surface area (Å²) in [4.78, 5) is 33.6. The molecule has 0 bridgehead atoms. The predicted molar refractivity (Wildman–Crippen MR) is 112 cm³/mol. The van der Waals surface area contributed by atoms with Crippen LogP contribution in [0.15, 0.2) is 47.1 Å². The Hall–Kier alpha value is -3.66. The summed E-state index contributed by atoms with van der Waals surface area (Å²) in [6.07, 6.45) is 3.31. The Labute approximate surface area is 178 Å². The van der Waals surface area contributed by atoms with Crippen molar-refractivity contribution in [1.82, 2.24) is 20.0 Å². The first-order valence-electron chi connectivity index (χ1n) is 10.0. The van der Waals surface area contributed by atoms with Gasteiger partial charge < -0.3 is 9.84 Å². The maximum absolute atomic E-state index is 12.4. The first-order valence-corrected chi connectivity index (χ1v) is 10.0. The maximum atomic E-state index is 12.4. The van der Waals surface area contributed by atoms with Gasteiger partial charge in [-0.15, -0.1) is 0 Å². The van der Waals surface area contributed by atoms with Crippen molar-refractivity contribution >= 4 is 17.3 Å². The molecule has 1 saturated heterocycles. The molecule has 31 heavy (non-hydrogen) atoms. The van der Waals surface area contributed by atoms with Crippen LogP contribution in [0.1, 0.15) is 30.2 Å². The van der Waals surface area contributed by atoms with E-state index in [4.69, 9.17) is 4.52 Å². The fraction of sp³-hybridized carbons (Fsp3) is 0.333. The summed E-state index contributed by atoms with van der Waals surface area (Å²) in [6, 6.07) is 9.94. The number of hydrogen-bond acceptors (Lipinski definition) is 8. The smallest absolute Gasteiger partial charge is 0.269 e. The van der Waals surface area contributed by atoms with E-state index >= 15 is 0 Å². The summed E-state index contributed by atoms with van der Waals surface area (Å²) in [5.41, 5.74) is 1.91. The SMILES string of the molecule is Cc1cc([N+](=O)[O-])ccc1NC(=O)CN1CCC(c2nc(-c3ccccn3)no2)CC1. The van der Waals surface area contributed by atoms with Gasteiger partial charge in [0.05, 0.1) is 11.5 Å². The topological polar surface area (TPSA) is 127 Å². The van der Waals surface area contributed by atoms with Crippen molar-refractivity contribution in [2.45, 2.75) is 25.7 Å². The molecule has 1 aromatic carbocycles. The average Bonchev–Trinajstić information content (AvgIpc) is 3.26. The zero-order valence-corrected chi connectivity index (χ0v) is 17.0. The van der Waals surface area contributed by atoms with Crippen LogP contribution in [0.3, 0.4) is 0 Å². The number of aromatic nitrogens is 3. The van der Waals surface area contributed by atoms with Crippen LogP contribution in [0, 0.1) is 17.0 Å². The number of amides is 1. The molecule has 160 valence electrons. The predicted octanol–water partition coefficient (Wildman–Crippen LogP) is 3.17. The maximum Gasteiger partial charge on any atom is 0.269 e. The van der Waals surface area contributed by atoms with Gasteiger partial charge in [-0.05, 0) is 56.6 Å². The van der Waals surface area contributed by atoms with E-state index in [2.05, 4.69) is 25.3 Å². The van der Waals surface area contributed by atoms with Gasteiger partial charge >= 0.3 is 0 Å². The van der Waals surface area contributed by atoms with Crippen molar-refractivity contribution in [3.8, 4) is 11.5 Å². The van der Waals surface area contributed by atoms with Gasteiger partial charge in [0, 0.05) is 29.9 Å². The summed E-state index contributed by atoms with van der Waals surface area (Å²) < 4.78 is 5.45. The number of nitrogens with zero attached hydrogens (tertiary/aromatic N) is 5. The third kappa shape index (κ3) is 4.92. The zero-order chi connectivity index (χ0) is 21.8. The lowest BCUT2D eigenvalue weighted by atomic mass is 9.97. The van der Waals surface area contributed by atoms with Crippen molar-refractivity contribution in [1.29, 1.82) is 0 Å². The minimum absolute atomic E-state index is 0.00444. The van der Waals surface area contributed by atoms with Crippen LogP contribution < -0.4 is 5.32 Å². The molecule has 1 N–H and O–H groups in total. The number of hydrogen-bond donors (Lipinski definition) is 1. The van der Waals surface area contributed by atoms with Gasteiger partial charge in [-0.1, -0.05) is 11.2 Å². The van der Waals surface area contributed by atoms with Crippen LogP contribution in [-0.2, 0) is 4.79 Å². The second-order valence-corrected chi connectivity index (χ2v) is 7.53. The molecule has 10 heteroatoms. The second-order valence-electron chi connectivity index (χ2n) is 7.53. The lowest BCUT2D eigenvalue weighted by Gasteiger charge is -2.29. The van der Waals surface area contributed by atoms with Crippen LogP contribution in [-0.4, -0.2) is 50.5 Å². The molecular formula is C21H22N6O4. The largest absolute Gasteiger partial charge is 0.339 e. The van der Waals surface area contributed by atoms with Crippen LogP contribution in [0.5, 0.6) is 0 Å². The van der Waals surface area contributed by atoms with E-state index in [0.29, 0.717) is 28.7 Å².